The first kappa shape index (κ1) is 18.0. The average molecular weight is 319 g/mol. The Kier molecular flexibility index (Phi) is 5.82. The van der Waals surface area contributed by atoms with E-state index in [9.17, 15) is 9.90 Å². The van der Waals surface area contributed by atoms with E-state index in [1.807, 2.05) is 24.3 Å². The van der Waals surface area contributed by atoms with Crippen molar-refractivity contribution in [1.29, 1.82) is 0 Å². The Morgan fingerprint density at radius 2 is 2.04 bits per heavy atom. The quantitative estimate of drug-likeness (QED) is 0.812. The van der Waals surface area contributed by atoms with Crippen LogP contribution in [-0.2, 0) is 11.2 Å². The summed E-state index contributed by atoms with van der Waals surface area (Å²) in [6.45, 7) is 4.17. The standard InChI is InChI=1S/C19H29NO3/c1-18(2,22)12-9-15-7-6-8-16(13-15)17(21)20-19(14-23-3)10-4-5-11-19/h6-8,13,22H,4-5,9-12,14H2,1-3H3,(H,20,21). The predicted molar refractivity (Wildman–Crippen MR) is 91.6 cm³/mol. The molecule has 0 atom stereocenters. The molecule has 23 heavy (non-hydrogen) atoms. The Morgan fingerprint density at radius 1 is 1.35 bits per heavy atom. The molecule has 4 heteroatoms. The van der Waals surface area contributed by atoms with Gasteiger partial charge in [0, 0.05) is 12.7 Å². The maximum absolute atomic E-state index is 12.6. The highest BCUT2D eigenvalue weighted by Gasteiger charge is 2.35. The van der Waals surface area contributed by atoms with Gasteiger partial charge in [0.05, 0.1) is 17.7 Å². The number of nitrogens with one attached hydrogen (secondary N) is 1. The number of benzene rings is 1. The summed E-state index contributed by atoms with van der Waals surface area (Å²) < 4.78 is 5.32. The first-order valence-corrected chi connectivity index (χ1v) is 8.46. The lowest BCUT2D eigenvalue weighted by molar-refractivity contribution is 0.0714. The number of methoxy groups -OCH3 is 1. The Labute approximate surface area is 139 Å². The van der Waals surface area contributed by atoms with E-state index < -0.39 is 5.60 Å². The molecule has 2 N–H and O–H groups in total. The van der Waals surface area contributed by atoms with Crippen LogP contribution < -0.4 is 5.32 Å². The van der Waals surface area contributed by atoms with Crippen LogP contribution >= 0.6 is 0 Å². The summed E-state index contributed by atoms with van der Waals surface area (Å²) in [5.74, 6) is -0.0333. The topological polar surface area (TPSA) is 58.6 Å². The normalized spacial score (nSPS) is 17.2. The lowest BCUT2D eigenvalue weighted by atomic mass is 9.96. The summed E-state index contributed by atoms with van der Waals surface area (Å²) in [6.07, 6.45) is 5.65. The van der Waals surface area contributed by atoms with Crippen molar-refractivity contribution in [2.75, 3.05) is 13.7 Å². The number of ether oxygens (including phenoxy) is 1. The summed E-state index contributed by atoms with van der Waals surface area (Å²) in [4.78, 5) is 12.6. The Morgan fingerprint density at radius 3 is 2.65 bits per heavy atom. The highest BCUT2D eigenvalue weighted by atomic mass is 16.5. The van der Waals surface area contributed by atoms with Gasteiger partial charge in [-0.25, -0.2) is 0 Å². The lowest BCUT2D eigenvalue weighted by Gasteiger charge is -2.29. The summed E-state index contributed by atoms with van der Waals surface area (Å²) in [5.41, 5.74) is 0.854. The number of aryl methyl sites for hydroxylation is 1. The van der Waals surface area contributed by atoms with E-state index in [4.69, 9.17) is 4.74 Å². The number of hydrogen-bond acceptors (Lipinski definition) is 3. The van der Waals surface area contributed by atoms with E-state index >= 15 is 0 Å². The molecule has 128 valence electrons. The average Bonchev–Trinajstić information content (AvgIpc) is 2.93. The van der Waals surface area contributed by atoms with Gasteiger partial charge in [-0.1, -0.05) is 25.0 Å². The third-order valence-electron chi connectivity index (χ3n) is 4.57. The molecule has 0 saturated heterocycles. The maximum Gasteiger partial charge on any atom is 0.251 e. The summed E-state index contributed by atoms with van der Waals surface area (Å²) in [6, 6.07) is 7.68. The van der Waals surface area contributed by atoms with E-state index in [2.05, 4.69) is 5.32 Å². The highest BCUT2D eigenvalue weighted by Crippen LogP contribution is 2.30. The van der Waals surface area contributed by atoms with E-state index in [-0.39, 0.29) is 11.4 Å². The summed E-state index contributed by atoms with van der Waals surface area (Å²) in [7, 11) is 1.68. The molecule has 1 aromatic rings. The zero-order valence-electron chi connectivity index (χ0n) is 14.5. The molecule has 1 aliphatic rings. The fraction of sp³-hybridized carbons (Fsp3) is 0.632. The van der Waals surface area contributed by atoms with Crippen LogP contribution in [0.15, 0.2) is 24.3 Å². The smallest absolute Gasteiger partial charge is 0.251 e. The molecule has 0 bridgehead atoms. The van der Waals surface area contributed by atoms with Gasteiger partial charge >= 0.3 is 0 Å². The summed E-state index contributed by atoms with van der Waals surface area (Å²) in [5, 5.41) is 13.0. The molecule has 0 aromatic heterocycles. The number of aliphatic hydroxyl groups is 1. The van der Waals surface area contributed by atoms with Crippen LogP contribution in [0.1, 0.15) is 61.9 Å². The SMILES string of the molecule is COCC1(NC(=O)c2cccc(CCC(C)(C)O)c2)CCCC1. The second kappa shape index (κ2) is 7.45. The van der Waals surface area contributed by atoms with Crippen LogP contribution in [-0.4, -0.2) is 35.9 Å². The van der Waals surface area contributed by atoms with Gasteiger partial charge in [-0.15, -0.1) is 0 Å². The van der Waals surface area contributed by atoms with Crippen LogP contribution in [0.4, 0.5) is 0 Å². The fourth-order valence-electron chi connectivity index (χ4n) is 3.26. The van der Waals surface area contributed by atoms with E-state index in [1.54, 1.807) is 21.0 Å². The zero-order valence-corrected chi connectivity index (χ0v) is 14.5. The van der Waals surface area contributed by atoms with Crippen molar-refractivity contribution in [3.63, 3.8) is 0 Å². The van der Waals surface area contributed by atoms with Crippen LogP contribution in [0.3, 0.4) is 0 Å². The van der Waals surface area contributed by atoms with Crippen molar-refractivity contribution in [3.8, 4) is 0 Å². The second-order valence-electron chi connectivity index (χ2n) is 7.39. The zero-order chi connectivity index (χ0) is 16.9. The third-order valence-corrected chi connectivity index (χ3v) is 4.57. The van der Waals surface area contributed by atoms with Gasteiger partial charge in [0.25, 0.3) is 5.91 Å². The molecule has 0 heterocycles. The lowest BCUT2D eigenvalue weighted by Crippen LogP contribution is -2.49. The molecule has 1 saturated carbocycles. The van der Waals surface area contributed by atoms with E-state index in [1.165, 1.54) is 0 Å². The van der Waals surface area contributed by atoms with Gasteiger partial charge in [0.1, 0.15) is 0 Å². The first-order chi connectivity index (χ1) is 10.8. The third kappa shape index (κ3) is 5.33. The first-order valence-electron chi connectivity index (χ1n) is 8.46. The van der Waals surface area contributed by atoms with Gasteiger partial charge in [0.15, 0.2) is 0 Å². The number of rotatable bonds is 7. The molecule has 1 amide bonds. The molecule has 4 nitrogen and oxygen atoms in total. The van der Waals surface area contributed by atoms with Crippen molar-refractivity contribution in [1.82, 2.24) is 5.32 Å². The molecule has 0 spiro atoms. The van der Waals surface area contributed by atoms with Gasteiger partial charge in [0.2, 0.25) is 0 Å². The van der Waals surface area contributed by atoms with E-state index in [0.29, 0.717) is 18.6 Å². The number of hydrogen-bond donors (Lipinski definition) is 2. The van der Waals surface area contributed by atoms with Crippen molar-refractivity contribution < 1.29 is 14.6 Å². The summed E-state index contributed by atoms with van der Waals surface area (Å²) >= 11 is 0. The largest absolute Gasteiger partial charge is 0.390 e. The van der Waals surface area contributed by atoms with Gasteiger partial charge < -0.3 is 15.2 Å². The Balaban J connectivity index is 2.04. The van der Waals surface area contributed by atoms with Crippen molar-refractivity contribution in [3.05, 3.63) is 35.4 Å². The maximum atomic E-state index is 12.6. The van der Waals surface area contributed by atoms with Gasteiger partial charge in [-0.05, 0) is 57.2 Å². The second-order valence-corrected chi connectivity index (χ2v) is 7.39. The van der Waals surface area contributed by atoms with Crippen molar-refractivity contribution in [2.45, 2.75) is 63.5 Å². The molecule has 1 aliphatic carbocycles. The number of carbonyl (C=O) groups is 1. The molecule has 1 aromatic carbocycles. The van der Waals surface area contributed by atoms with Crippen LogP contribution in [0.2, 0.25) is 0 Å². The predicted octanol–water partition coefficient (Wildman–Crippen LogP) is 3.08. The molecule has 2 rings (SSSR count). The molecule has 0 aliphatic heterocycles. The minimum absolute atomic E-state index is 0.0333. The fourth-order valence-corrected chi connectivity index (χ4v) is 3.26. The molecule has 0 unspecified atom stereocenters. The monoisotopic (exact) mass is 319 g/mol. The van der Waals surface area contributed by atoms with Crippen molar-refractivity contribution >= 4 is 5.91 Å². The highest BCUT2D eigenvalue weighted by molar-refractivity contribution is 5.94. The minimum atomic E-state index is -0.690. The molecule has 1 fully saturated rings. The van der Waals surface area contributed by atoms with Crippen molar-refractivity contribution in [2.24, 2.45) is 0 Å². The molecule has 0 radical (unpaired) electrons. The van der Waals surface area contributed by atoms with Crippen LogP contribution in [0, 0.1) is 0 Å². The van der Waals surface area contributed by atoms with E-state index in [0.717, 1.165) is 37.7 Å². The molecular weight excluding hydrogens is 290 g/mol. The molecular formula is C19H29NO3. The Bertz CT molecular complexity index is 528. The van der Waals surface area contributed by atoms with Crippen LogP contribution in [0.5, 0.6) is 0 Å². The van der Waals surface area contributed by atoms with Gasteiger partial charge in [-0.2, -0.15) is 0 Å². The Hall–Kier alpha value is -1.39. The number of carbonyl (C=O) groups excluding carboxylic acids is 1. The minimum Gasteiger partial charge on any atom is -0.390 e. The van der Waals surface area contributed by atoms with Gasteiger partial charge in [-0.3, -0.25) is 4.79 Å². The number of amides is 1. The van der Waals surface area contributed by atoms with Crippen LogP contribution in [0.25, 0.3) is 0 Å².